The van der Waals surface area contributed by atoms with Gasteiger partial charge >= 0.3 is 8.25 Å². The lowest BCUT2D eigenvalue weighted by molar-refractivity contribution is 0.297. The highest BCUT2D eigenvalue weighted by Crippen LogP contribution is 2.12. The lowest BCUT2D eigenvalue weighted by Gasteiger charge is -1.86. The summed E-state index contributed by atoms with van der Waals surface area (Å²) in [6, 6.07) is 0. The topological polar surface area (TPSA) is 81.5 Å². The van der Waals surface area contributed by atoms with Crippen LogP contribution in [-0.4, -0.2) is 11.5 Å². The molecule has 0 spiro atoms. The van der Waals surface area contributed by atoms with E-state index in [0.29, 0.717) is 6.61 Å². The van der Waals surface area contributed by atoms with Crippen LogP contribution in [0.1, 0.15) is 6.92 Å². The van der Waals surface area contributed by atoms with Crippen LogP contribution in [0.2, 0.25) is 0 Å². The van der Waals surface area contributed by atoms with Crippen LogP contribution in [0.25, 0.3) is 0 Å². The van der Waals surface area contributed by atoms with E-state index in [9.17, 15) is 4.57 Å². The first-order valence-electron chi connectivity index (χ1n) is 1.63. The smallest absolute Gasteiger partial charge is 0.316 e. The third-order valence-corrected chi connectivity index (χ3v) is 0.803. The van der Waals surface area contributed by atoms with Crippen molar-refractivity contribution >= 4 is 8.25 Å². The van der Waals surface area contributed by atoms with Crippen LogP contribution in [0, 0.1) is 0 Å². The molecule has 0 saturated carbocycles. The van der Waals surface area contributed by atoms with Gasteiger partial charge in [0.25, 0.3) is 0 Å². The highest BCUT2D eigenvalue weighted by atomic mass is 31.1. The highest BCUT2D eigenvalue weighted by Gasteiger charge is 1.81. The Hall–Kier alpha value is 0.110. The second-order valence-electron chi connectivity index (χ2n) is 0.699. The van der Waals surface area contributed by atoms with Crippen LogP contribution in [0.4, 0.5) is 0 Å². The Balaban J connectivity index is 0. The van der Waals surface area contributed by atoms with Crippen LogP contribution < -0.4 is 6.15 Å². The van der Waals surface area contributed by atoms with Gasteiger partial charge in [0, 0.05) is 0 Å². The maximum absolute atomic E-state index is 9.56. The molecule has 0 rings (SSSR count). The third-order valence-electron chi connectivity index (χ3n) is 0.268. The minimum absolute atomic E-state index is 0. The molecule has 0 amide bonds. The molecule has 1 atom stereocenters. The van der Waals surface area contributed by atoms with Crippen LogP contribution in [-0.2, 0) is 9.09 Å². The molecular formula is C2H10NO3P. The van der Waals surface area contributed by atoms with Gasteiger partial charge < -0.3 is 15.6 Å². The molecule has 0 fully saturated rings. The average molecular weight is 127 g/mol. The molecule has 0 aromatic heterocycles. The Bertz CT molecular complexity index is 56.9. The maximum Gasteiger partial charge on any atom is 0.316 e. The summed E-state index contributed by atoms with van der Waals surface area (Å²) in [5.74, 6) is 0. The van der Waals surface area contributed by atoms with E-state index in [1.807, 2.05) is 0 Å². The van der Waals surface area contributed by atoms with Crippen molar-refractivity contribution in [1.29, 1.82) is 0 Å². The first-order valence-corrected chi connectivity index (χ1v) is 2.89. The molecule has 0 aliphatic rings. The van der Waals surface area contributed by atoms with Crippen LogP contribution in [0.3, 0.4) is 0 Å². The molecular weight excluding hydrogens is 117 g/mol. The van der Waals surface area contributed by atoms with Gasteiger partial charge in [0.15, 0.2) is 0 Å². The van der Waals surface area contributed by atoms with Crippen LogP contribution in [0.5, 0.6) is 0 Å². The van der Waals surface area contributed by atoms with E-state index in [-0.39, 0.29) is 6.15 Å². The quantitative estimate of drug-likeness (QED) is 0.531. The summed E-state index contributed by atoms with van der Waals surface area (Å²) in [4.78, 5) is 7.88. The van der Waals surface area contributed by atoms with E-state index in [1.165, 1.54) is 0 Å². The zero-order valence-electron chi connectivity index (χ0n) is 4.18. The summed E-state index contributed by atoms with van der Waals surface area (Å²) in [5.41, 5.74) is 0. The Morgan fingerprint density at radius 1 is 1.86 bits per heavy atom. The predicted molar refractivity (Wildman–Crippen MR) is 27.9 cm³/mol. The zero-order chi connectivity index (χ0) is 4.99. The fraction of sp³-hybridized carbons (Fsp3) is 1.00. The average Bonchev–Trinajstić information content (AvgIpc) is 1.35. The Labute approximate surface area is 43.0 Å². The van der Waals surface area contributed by atoms with Crippen molar-refractivity contribution < 1.29 is 14.0 Å². The van der Waals surface area contributed by atoms with Crippen molar-refractivity contribution in [1.82, 2.24) is 6.15 Å². The minimum atomic E-state index is -2.64. The molecule has 1 unspecified atom stereocenters. The molecule has 46 valence electrons. The Morgan fingerprint density at radius 2 is 2.29 bits per heavy atom. The van der Waals surface area contributed by atoms with Crippen LogP contribution >= 0.6 is 8.25 Å². The summed E-state index contributed by atoms with van der Waals surface area (Å²) in [6.45, 7) is 1.98. The standard InChI is InChI=1S/C2H7O3P.H3N/c1-2-5-6(3)4;/h6H,2H2,1H3,(H,3,4);1H3. The summed E-state index contributed by atoms with van der Waals surface area (Å²) in [6.07, 6.45) is 0. The van der Waals surface area contributed by atoms with Crippen LogP contribution in [0.15, 0.2) is 0 Å². The molecule has 4 N–H and O–H groups in total. The van der Waals surface area contributed by atoms with Gasteiger partial charge in [-0.15, -0.1) is 0 Å². The van der Waals surface area contributed by atoms with Gasteiger partial charge in [0.05, 0.1) is 6.61 Å². The second-order valence-corrected chi connectivity index (χ2v) is 1.52. The normalized spacial score (nSPS) is 12.3. The molecule has 0 saturated heterocycles. The number of rotatable bonds is 2. The van der Waals surface area contributed by atoms with Crippen molar-refractivity contribution in [3.05, 3.63) is 0 Å². The number of hydrogen-bond acceptors (Lipinski definition) is 3. The maximum atomic E-state index is 9.56. The van der Waals surface area contributed by atoms with Gasteiger partial charge in [-0.25, -0.2) is 0 Å². The van der Waals surface area contributed by atoms with E-state index in [1.54, 1.807) is 6.92 Å². The van der Waals surface area contributed by atoms with Crippen molar-refractivity contribution in [2.75, 3.05) is 6.61 Å². The summed E-state index contributed by atoms with van der Waals surface area (Å²) < 4.78 is 13.7. The van der Waals surface area contributed by atoms with Gasteiger partial charge in [-0.3, -0.25) is 4.57 Å². The summed E-state index contributed by atoms with van der Waals surface area (Å²) in [5, 5.41) is 0. The number of hydrogen-bond donors (Lipinski definition) is 2. The largest absolute Gasteiger partial charge is 0.344 e. The molecule has 0 heterocycles. The molecule has 0 radical (unpaired) electrons. The van der Waals surface area contributed by atoms with E-state index in [2.05, 4.69) is 4.52 Å². The van der Waals surface area contributed by atoms with Gasteiger partial charge in [-0.2, -0.15) is 0 Å². The monoisotopic (exact) mass is 127 g/mol. The van der Waals surface area contributed by atoms with E-state index in [4.69, 9.17) is 4.89 Å². The first kappa shape index (κ1) is 10.2. The zero-order valence-corrected chi connectivity index (χ0v) is 5.18. The predicted octanol–water partition coefficient (Wildman–Crippen LogP) is 0.567. The van der Waals surface area contributed by atoms with Gasteiger partial charge in [0.1, 0.15) is 0 Å². The molecule has 5 heteroatoms. The summed E-state index contributed by atoms with van der Waals surface area (Å²) >= 11 is 0. The molecule has 0 aliphatic carbocycles. The SMILES string of the molecule is CCO[PH](=O)O.N. The van der Waals surface area contributed by atoms with Gasteiger partial charge in [-0.1, -0.05) is 0 Å². The third kappa shape index (κ3) is 10.7. The van der Waals surface area contributed by atoms with Crippen molar-refractivity contribution in [2.24, 2.45) is 0 Å². The molecule has 0 bridgehead atoms. The highest BCUT2D eigenvalue weighted by molar-refractivity contribution is 7.32. The lowest BCUT2D eigenvalue weighted by Crippen LogP contribution is -1.72. The van der Waals surface area contributed by atoms with E-state index < -0.39 is 8.25 Å². The Morgan fingerprint density at radius 3 is 2.29 bits per heavy atom. The minimum Gasteiger partial charge on any atom is -0.344 e. The molecule has 0 aliphatic heterocycles. The van der Waals surface area contributed by atoms with Crippen molar-refractivity contribution in [3.8, 4) is 0 Å². The van der Waals surface area contributed by atoms with Crippen molar-refractivity contribution in [3.63, 3.8) is 0 Å². The molecule has 7 heavy (non-hydrogen) atoms. The lowest BCUT2D eigenvalue weighted by atomic mass is 10.9. The fourth-order valence-electron chi connectivity index (χ4n) is 0.123. The van der Waals surface area contributed by atoms with E-state index in [0.717, 1.165) is 0 Å². The van der Waals surface area contributed by atoms with E-state index >= 15 is 0 Å². The first-order chi connectivity index (χ1) is 2.77. The Kier molecular flexibility index (Phi) is 8.87. The summed E-state index contributed by atoms with van der Waals surface area (Å²) in [7, 11) is -2.64. The fourth-order valence-corrected chi connectivity index (χ4v) is 0.370. The van der Waals surface area contributed by atoms with Crippen molar-refractivity contribution in [2.45, 2.75) is 6.92 Å². The second kappa shape index (κ2) is 6.11. The van der Waals surface area contributed by atoms with Gasteiger partial charge in [0.2, 0.25) is 0 Å². The molecule has 0 aromatic rings. The van der Waals surface area contributed by atoms with Gasteiger partial charge in [-0.05, 0) is 6.92 Å². The molecule has 4 nitrogen and oxygen atoms in total. The molecule has 0 aromatic carbocycles.